The van der Waals surface area contributed by atoms with Crippen molar-refractivity contribution in [2.75, 3.05) is 26.7 Å². The van der Waals surface area contributed by atoms with E-state index in [1.807, 2.05) is 18.7 Å². The Morgan fingerprint density at radius 3 is 2.35 bits per heavy atom. The molecular weight excluding hydrogens is 216 g/mol. The molecule has 4 heteroatoms. The quantitative estimate of drug-likeness (QED) is 0.810. The van der Waals surface area contributed by atoms with E-state index >= 15 is 0 Å². The molecule has 0 aromatic carbocycles. The number of hydrogen-bond acceptors (Lipinski definition) is 3. The summed E-state index contributed by atoms with van der Waals surface area (Å²) in [4.78, 5) is 14.3. The van der Waals surface area contributed by atoms with Crippen molar-refractivity contribution in [3.05, 3.63) is 0 Å². The van der Waals surface area contributed by atoms with Crippen LogP contribution in [0, 0.1) is 5.41 Å². The van der Waals surface area contributed by atoms with E-state index in [9.17, 15) is 4.79 Å². The zero-order valence-corrected chi connectivity index (χ0v) is 11.6. The maximum atomic E-state index is 12.4. The Kier molecular flexibility index (Phi) is 4.55. The zero-order chi connectivity index (χ0) is 13.1. The SMILES string of the molecule is CCC(C)(OC)C(=O)N1CCC(C)(CN)CC1. The third kappa shape index (κ3) is 2.99. The Morgan fingerprint density at radius 1 is 1.47 bits per heavy atom. The van der Waals surface area contributed by atoms with Gasteiger partial charge in [0.05, 0.1) is 0 Å². The predicted octanol–water partition coefficient (Wildman–Crippen LogP) is 1.39. The molecule has 1 aliphatic heterocycles. The highest BCUT2D eigenvalue weighted by Gasteiger charge is 2.38. The number of carbonyl (C=O) groups excluding carboxylic acids is 1. The van der Waals surface area contributed by atoms with Crippen LogP contribution in [0.15, 0.2) is 0 Å². The first kappa shape index (κ1) is 14.5. The molecule has 1 unspecified atom stereocenters. The van der Waals surface area contributed by atoms with Crippen LogP contribution in [0.4, 0.5) is 0 Å². The minimum absolute atomic E-state index is 0.113. The Hall–Kier alpha value is -0.610. The Morgan fingerprint density at radius 2 is 2.00 bits per heavy atom. The second-order valence-electron chi connectivity index (χ2n) is 5.60. The van der Waals surface area contributed by atoms with Gasteiger partial charge >= 0.3 is 0 Å². The summed E-state index contributed by atoms with van der Waals surface area (Å²) in [5.74, 6) is 0.113. The van der Waals surface area contributed by atoms with Crippen LogP contribution in [0.25, 0.3) is 0 Å². The van der Waals surface area contributed by atoms with Crippen molar-refractivity contribution in [2.45, 2.75) is 45.6 Å². The lowest BCUT2D eigenvalue weighted by Gasteiger charge is -2.41. The Labute approximate surface area is 104 Å². The number of carbonyl (C=O) groups is 1. The first-order valence-electron chi connectivity index (χ1n) is 6.45. The van der Waals surface area contributed by atoms with Crippen LogP contribution in [-0.4, -0.2) is 43.2 Å². The molecule has 1 atom stereocenters. The van der Waals surface area contributed by atoms with Crippen LogP contribution < -0.4 is 5.73 Å². The number of rotatable bonds is 4. The number of nitrogens with two attached hydrogens (primary N) is 1. The third-order valence-corrected chi connectivity index (χ3v) is 4.33. The number of methoxy groups -OCH3 is 1. The van der Waals surface area contributed by atoms with E-state index in [1.165, 1.54) is 0 Å². The van der Waals surface area contributed by atoms with Gasteiger partial charge in [0.2, 0.25) is 0 Å². The van der Waals surface area contributed by atoms with Crippen LogP contribution in [0.1, 0.15) is 40.0 Å². The van der Waals surface area contributed by atoms with Gasteiger partial charge in [0.25, 0.3) is 5.91 Å². The summed E-state index contributed by atoms with van der Waals surface area (Å²) < 4.78 is 5.36. The number of nitrogens with zero attached hydrogens (tertiary/aromatic N) is 1. The number of ether oxygens (including phenoxy) is 1. The highest BCUT2D eigenvalue weighted by Crippen LogP contribution is 2.31. The first-order valence-corrected chi connectivity index (χ1v) is 6.45. The lowest BCUT2D eigenvalue weighted by Crippen LogP contribution is -2.52. The van der Waals surface area contributed by atoms with Crippen LogP contribution in [0.3, 0.4) is 0 Å². The van der Waals surface area contributed by atoms with Gasteiger partial charge in [0, 0.05) is 20.2 Å². The summed E-state index contributed by atoms with van der Waals surface area (Å²) in [7, 11) is 1.61. The summed E-state index contributed by atoms with van der Waals surface area (Å²) in [6, 6.07) is 0. The van der Waals surface area contributed by atoms with Gasteiger partial charge < -0.3 is 15.4 Å². The molecule has 0 aromatic rings. The van der Waals surface area contributed by atoms with E-state index in [0.717, 1.165) is 25.9 Å². The van der Waals surface area contributed by atoms with Gasteiger partial charge in [-0.1, -0.05) is 13.8 Å². The second-order valence-corrected chi connectivity index (χ2v) is 5.60. The van der Waals surface area contributed by atoms with E-state index in [-0.39, 0.29) is 11.3 Å². The van der Waals surface area contributed by atoms with Gasteiger partial charge in [-0.05, 0) is 38.1 Å². The highest BCUT2D eigenvalue weighted by molar-refractivity contribution is 5.84. The smallest absolute Gasteiger partial charge is 0.254 e. The monoisotopic (exact) mass is 242 g/mol. The van der Waals surface area contributed by atoms with Gasteiger partial charge in [-0.15, -0.1) is 0 Å². The molecule has 1 fully saturated rings. The van der Waals surface area contributed by atoms with Gasteiger partial charge in [-0.25, -0.2) is 0 Å². The normalized spacial score (nSPS) is 23.2. The molecule has 17 heavy (non-hydrogen) atoms. The summed E-state index contributed by atoms with van der Waals surface area (Å²) in [5, 5.41) is 0. The van der Waals surface area contributed by atoms with Crippen LogP contribution in [0.5, 0.6) is 0 Å². The Bertz CT molecular complexity index is 267. The molecule has 0 spiro atoms. The summed E-state index contributed by atoms with van der Waals surface area (Å²) in [6.45, 7) is 8.34. The molecule has 1 amide bonds. The van der Waals surface area contributed by atoms with Gasteiger partial charge in [0.1, 0.15) is 5.60 Å². The molecule has 4 nitrogen and oxygen atoms in total. The standard InChI is InChI=1S/C13H26N2O2/c1-5-13(3,17-4)11(16)15-8-6-12(2,10-14)7-9-15/h5-10,14H2,1-4H3. The molecule has 1 heterocycles. The molecule has 0 radical (unpaired) electrons. The Balaban J connectivity index is 2.63. The number of hydrogen-bond donors (Lipinski definition) is 1. The van der Waals surface area contributed by atoms with Crippen LogP contribution in [-0.2, 0) is 9.53 Å². The molecule has 0 aromatic heterocycles. The molecule has 0 saturated carbocycles. The minimum atomic E-state index is -0.670. The van der Waals surface area contributed by atoms with E-state index in [1.54, 1.807) is 7.11 Å². The van der Waals surface area contributed by atoms with Crippen molar-refractivity contribution in [3.63, 3.8) is 0 Å². The number of amides is 1. The average Bonchev–Trinajstić information content (AvgIpc) is 2.38. The fourth-order valence-corrected chi connectivity index (χ4v) is 2.17. The average molecular weight is 242 g/mol. The maximum Gasteiger partial charge on any atom is 0.254 e. The highest BCUT2D eigenvalue weighted by atomic mass is 16.5. The molecule has 1 saturated heterocycles. The molecule has 1 aliphatic rings. The van der Waals surface area contributed by atoms with Crippen LogP contribution >= 0.6 is 0 Å². The first-order chi connectivity index (χ1) is 7.90. The van der Waals surface area contributed by atoms with Gasteiger partial charge in [-0.3, -0.25) is 4.79 Å². The molecule has 0 bridgehead atoms. The fraction of sp³-hybridized carbons (Fsp3) is 0.923. The number of likely N-dealkylation sites (tertiary alicyclic amines) is 1. The van der Waals surface area contributed by atoms with Crippen molar-refractivity contribution in [1.82, 2.24) is 4.90 Å². The van der Waals surface area contributed by atoms with E-state index in [4.69, 9.17) is 10.5 Å². The lowest BCUT2D eigenvalue weighted by molar-refractivity contribution is -0.155. The van der Waals surface area contributed by atoms with Crippen molar-refractivity contribution in [3.8, 4) is 0 Å². The molecular formula is C13H26N2O2. The third-order valence-electron chi connectivity index (χ3n) is 4.33. The molecule has 2 N–H and O–H groups in total. The molecule has 0 aliphatic carbocycles. The summed E-state index contributed by atoms with van der Waals surface area (Å²) in [6.07, 6.45) is 2.67. The lowest BCUT2D eigenvalue weighted by atomic mass is 9.80. The zero-order valence-electron chi connectivity index (χ0n) is 11.6. The largest absolute Gasteiger partial charge is 0.369 e. The summed E-state index contributed by atoms with van der Waals surface area (Å²) >= 11 is 0. The van der Waals surface area contributed by atoms with E-state index in [0.29, 0.717) is 13.0 Å². The van der Waals surface area contributed by atoms with Crippen molar-refractivity contribution in [1.29, 1.82) is 0 Å². The van der Waals surface area contributed by atoms with Crippen molar-refractivity contribution >= 4 is 5.91 Å². The molecule has 100 valence electrons. The minimum Gasteiger partial charge on any atom is -0.369 e. The van der Waals surface area contributed by atoms with Gasteiger partial charge in [-0.2, -0.15) is 0 Å². The van der Waals surface area contributed by atoms with Crippen molar-refractivity contribution < 1.29 is 9.53 Å². The second kappa shape index (κ2) is 5.36. The van der Waals surface area contributed by atoms with Gasteiger partial charge in [0.15, 0.2) is 0 Å². The van der Waals surface area contributed by atoms with E-state index in [2.05, 4.69) is 6.92 Å². The topological polar surface area (TPSA) is 55.6 Å². The summed E-state index contributed by atoms with van der Waals surface area (Å²) in [5.41, 5.74) is 5.30. The maximum absolute atomic E-state index is 12.4. The number of piperidine rings is 1. The predicted molar refractivity (Wildman–Crippen MR) is 68.7 cm³/mol. The fourth-order valence-electron chi connectivity index (χ4n) is 2.17. The van der Waals surface area contributed by atoms with E-state index < -0.39 is 5.60 Å². The molecule has 1 rings (SSSR count). The van der Waals surface area contributed by atoms with Crippen LogP contribution in [0.2, 0.25) is 0 Å². The van der Waals surface area contributed by atoms with Crippen molar-refractivity contribution in [2.24, 2.45) is 11.1 Å².